The molecule has 0 atom stereocenters. The molecule has 1 amide bonds. The lowest BCUT2D eigenvalue weighted by atomic mass is 10.2. The van der Waals surface area contributed by atoms with Crippen LogP contribution in [0.3, 0.4) is 0 Å². The molecule has 0 aliphatic rings. The van der Waals surface area contributed by atoms with Gasteiger partial charge >= 0.3 is 0 Å². The van der Waals surface area contributed by atoms with Gasteiger partial charge in [-0.3, -0.25) is 4.79 Å². The van der Waals surface area contributed by atoms with Gasteiger partial charge in [-0.05, 0) is 23.8 Å². The molecule has 23 heavy (non-hydrogen) atoms. The number of carbonyl (C=O) groups excluding carboxylic acids is 1. The molecule has 9 heteroatoms. The van der Waals surface area contributed by atoms with Gasteiger partial charge in [0.1, 0.15) is 6.61 Å². The predicted octanol–water partition coefficient (Wildman–Crippen LogP) is 0.755. The van der Waals surface area contributed by atoms with Crippen molar-refractivity contribution in [3.63, 3.8) is 0 Å². The van der Waals surface area contributed by atoms with Crippen LogP contribution in [0.5, 0.6) is 11.5 Å². The van der Waals surface area contributed by atoms with Crippen LogP contribution in [0, 0.1) is 10.1 Å². The normalized spacial score (nSPS) is 10.5. The molecule has 2 N–H and O–H groups in total. The van der Waals surface area contributed by atoms with E-state index in [2.05, 4.69) is 10.2 Å². The van der Waals surface area contributed by atoms with Crippen LogP contribution >= 0.6 is 0 Å². The highest BCUT2D eigenvalue weighted by Crippen LogP contribution is 2.26. The molecule has 0 saturated carbocycles. The number of hydrogen-bond acceptors (Lipinski definition) is 7. The number of amides is 1. The van der Waals surface area contributed by atoms with Gasteiger partial charge in [-0.25, -0.2) is 0 Å². The van der Waals surface area contributed by atoms with E-state index < -0.39 is 5.09 Å². The van der Waals surface area contributed by atoms with Crippen LogP contribution in [-0.2, 0) is 14.4 Å². The molecule has 126 valence electrons. The number of hydrogen-bond donors (Lipinski definition) is 2. The van der Waals surface area contributed by atoms with Crippen LogP contribution in [0.2, 0.25) is 0 Å². The van der Waals surface area contributed by atoms with E-state index in [4.69, 9.17) is 9.47 Å². The van der Waals surface area contributed by atoms with E-state index in [0.29, 0.717) is 11.3 Å². The monoisotopic (exact) mass is 326 g/mol. The zero-order valence-corrected chi connectivity index (χ0v) is 12.6. The van der Waals surface area contributed by atoms with Crippen LogP contribution in [0.1, 0.15) is 5.56 Å². The number of aromatic hydroxyl groups is 1. The van der Waals surface area contributed by atoms with Crippen molar-refractivity contribution >= 4 is 12.0 Å². The Morgan fingerprint density at radius 1 is 1.39 bits per heavy atom. The Morgan fingerprint density at radius 3 is 2.87 bits per heavy atom. The highest BCUT2D eigenvalue weighted by Gasteiger charge is 2.01. The Bertz CT molecular complexity index is 560. The van der Waals surface area contributed by atoms with E-state index >= 15 is 0 Å². The summed E-state index contributed by atoms with van der Waals surface area (Å²) in [5, 5.41) is 21.0. The smallest absolute Gasteiger partial charge is 0.294 e. The minimum Gasteiger partial charge on any atom is -0.504 e. The van der Waals surface area contributed by atoms with Crippen LogP contribution < -0.4 is 10.1 Å². The maximum atomic E-state index is 11.6. The molecular formula is C14H18N2O7. The third-order valence-electron chi connectivity index (χ3n) is 2.60. The summed E-state index contributed by atoms with van der Waals surface area (Å²) in [6.45, 7) is 0.401. The van der Waals surface area contributed by atoms with Crippen molar-refractivity contribution in [2.45, 2.75) is 0 Å². The van der Waals surface area contributed by atoms with Gasteiger partial charge in [-0.1, -0.05) is 6.07 Å². The van der Waals surface area contributed by atoms with E-state index in [-0.39, 0.29) is 38.0 Å². The molecule has 0 aliphatic carbocycles. The Kier molecular flexibility index (Phi) is 7.94. The quantitative estimate of drug-likeness (QED) is 0.282. The number of carbonyl (C=O) groups is 1. The van der Waals surface area contributed by atoms with Crippen LogP contribution in [-0.4, -0.2) is 49.6 Å². The van der Waals surface area contributed by atoms with Crippen LogP contribution in [0.4, 0.5) is 0 Å². The molecule has 9 nitrogen and oxygen atoms in total. The van der Waals surface area contributed by atoms with Gasteiger partial charge in [0.05, 0.1) is 20.3 Å². The third-order valence-corrected chi connectivity index (χ3v) is 2.60. The van der Waals surface area contributed by atoms with E-state index in [1.807, 2.05) is 0 Å². The lowest BCUT2D eigenvalue weighted by Gasteiger charge is -2.05. The SMILES string of the molecule is COc1cc(/C=C/C(=O)NCCOCCO[N+](=O)[O-])ccc1O. The zero-order valence-electron chi connectivity index (χ0n) is 12.6. The Balaban J connectivity index is 2.24. The molecule has 1 aromatic carbocycles. The first kappa shape index (κ1) is 18.2. The molecule has 1 aromatic rings. The van der Waals surface area contributed by atoms with E-state index in [0.717, 1.165) is 0 Å². The summed E-state index contributed by atoms with van der Waals surface area (Å²) < 4.78 is 9.99. The minimum absolute atomic E-state index is 0.0207. The van der Waals surface area contributed by atoms with Gasteiger partial charge in [-0.15, -0.1) is 10.1 Å². The maximum Gasteiger partial charge on any atom is 0.294 e. The summed E-state index contributed by atoms with van der Waals surface area (Å²) >= 11 is 0. The van der Waals surface area contributed by atoms with Crippen molar-refractivity contribution in [1.29, 1.82) is 0 Å². The lowest BCUT2D eigenvalue weighted by molar-refractivity contribution is -0.758. The zero-order chi connectivity index (χ0) is 17.1. The topological polar surface area (TPSA) is 120 Å². The van der Waals surface area contributed by atoms with Gasteiger partial charge in [-0.2, -0.15) is 0 Å². The van der Waals surface area contributed by atoms with Crippen molar-refractivity contribution in [3.8, 4) is 11.5 Å². The number of phenols is 1. The van der Waals surface area contributed by atoms with Crippen molar-refractivity contribution in [2.24, 2.45) is 0 Å². The average Bonchev–Trinajstić information content (AvgIpc) is 2.52. The highest BCUT2D eigenvalue weighted by atomic mass is 17.0. The number of rotatable bonds is 10. The van der Waals surface area contributed by atoms with Gasteiger partial charge in [0, 0.05) is 12.6 Å². The van der Waals surface area contributed by atoms with Crippen molar-refractivity contribution in [3.05, 3.63) is 40.0 Å². The fourth-order valence-electron chi connectivity index (χ4n) is 1.55. The molecule has 0 aliphatic heterocycles. The minimum atomic E-state index is -0.895. The van der Waals surface area contributed by atoms with Crippen molar-refractivity contribution in [1.82, 2.24) is 5.32 Å². The number of benzene rings is 1. The van der Waals surface area contributed by atoms with E-state index in [1.165, 1.54) is 19.3 Å². The molecule has 0 fully saturated rings. The molecule has 1 rings (SSSR count). The summed E-state index contributed by atoms with van der Waals surface area (Å²) in [6, 6.07) is 4.70. The molecule has 0 unspecified atom stereocenters. The summed E-state index contributed by atoms with van der Waals surface area (Å²) in [6.07, 6.45) is 2.91. The fourth-order valence-corrected chi connectivity index (χ4v) is 1.55. The average molecular weight is 326 g/mol. The van der Waals surface area contributed by atoms with Crippen LogP contribution in [0.25, 0.3) is 6.08 Å². The fraction of sp³-hybridized carbons (Fsp3) is 0.357. The summed E-state index contributed by atoms with van der Waals surface area (Å²) in [4.78, 5) is 25.5. The molecule has 0 bridgehead atoms. The van der Waals surface area contributed by atoms with Crippen molar-refractivity contribution in [2.75, 3.05) is 33.5 Å². The number of ether oxygens (including phenoxy) is 2. The van der Waals surface area contributed by atoms with Gasteiger partial charge < -0.3 is 24.7 Å². The van der Waals surface area contributed by atoms with E-state index in [9.17, 15) is 20.0 Å². The first-order valence-corrected chi connectivity index (χ1v) is 6.71. The second-order valence-electron chi connectivity index (χ2n) is 4.22. The Hall–Kier alpha value is -2.81. The number of phenolic OH excluding ortho intramolecular Hbond substituents is 1. The standard InChI is InChI=1S/C14H18N2O7/c1-21-13-10-11(2-4-12(13)17)3-5-14(18)15-6-7-22-8-9-23-16(19)20/h2-5,10,17H,6-9H2,1H3,(H,15,18)/b5-3+. The van der Waals surface area contributed by atoms with Gasteiger partial charge in [0.25, 0.3) is 5.09 Å². The Morgan fingerprint density at radius 2 is 2.17 bits per heavy atom. The molecule has 0 aromatic heterocycles. The van der Waals surface area contributed by atoms with E-state index in [1.54, 1.807) is 18.2 Å². The molecule has 0 heterocycles. The largest absolute Gasteiger partial charge is 0.504 e. The first-order valence-electron chi connectivity index (χ1n) is 6.71. The maximum absolute atomic E-state index is 11.6. The first-order chi connectivity index (χ1) is 11.0. The molecule has 0 saturated heterocycles. The van der Waals surface area contributed by atoms with Gasteiger partial charge in [0.15, 0.2) is 11.5 Å². The van der Waals surface area contributed by atoms with Gasteiger partial charge in [0.2, 0.25) is 5.91 Å². The second kappa shape index (κ2) is 10.0. The number of nitrogens with one attached hydrogen (secondary N) is 1. The molecular weight excluding hydrogens is 308 g/mol. The number of nitrogens with zero attached hydrogens (tertiary/aromatic N) is 1. The third kappa shape index (κ3) is 7.67. The lowest BCUT2D eigenvalue weighted by Crippen LogP contribution is -2.26. The molecule has 0 radical (unpaired) electrons. The highest BCUT2D eigenvalue weighted by molar-refractivity contribution is 5.91. The van der Waals surface area contributed by atoms with Crippen LogP contribution in [0.15, 0.2) is 24.3 Å². The Labute approximate surface area is 132 Å². The summed E-state index contributed by atoms with van der Waals surface area (Å²) in [5.74, 6) is 0.0207. The number of methoxy groups -OCH3 is 1. The summed E-state index contributed by atoms with van der Waals surface area (Å²) in [7, 11) is 1.44. The summed E-state index contributed by atoms with van der Waals surface area (Å²) in [5.41, 5.74) is 0.697. The van der Waals surface area contributed by atoms with Crippen molar-refractivity contribution < 1.29 is 29.3 Å². The predicted molar refractivity (Wildman–Crippen MR) is 80.5 cm³/mol. The second-order valence-corrected chi connectivity index (χ2v) is 4.22. The molecule has 0 spiro atoms.